The van der Waals surface area contributed by atoms with Gasteiger partial charge >= 0.3 is 0 Å². The van der Waals surface area contributed by atoms with Crippen LogP contribution in [0.4, 0.5) is 0 Å². The first kappa shape index (κ1) is 16.3. The highest BCUT2D eigenvalue weighted by atomic mass is 32.2. The molecule has 0 amide bonds. The zero-order valence-electron chi connectivity index (χ0n) is 12.6. The maximum absolute atomic E-state index is 3.77. The number of likely N-dealkylation sites (N-methyl/N-ethyl adjacent to an activating group) is 1. The summed E-state index contributed by atoms with van der Waals surface area (Å²) < 4.78 is 0. The van der Waals surface area contributed by atoms with E-state index in [1.54, 1.807) is 0 Å². The highest BCUT2D eigenvalue weighted by Crippen LogP contribution is 2.17. The van der Waals surface area contributed by atoms with Crippen LogP contribution in [0.2, 0.25) is 0 Å². The van der Waals surface area contributed by atoms with Crippen LogP contribution in [0.25, 0.3) is 0 Å². The fraction of sp³-hybridized carbons (Fsp3) is 1.00. The molecule has 0 aromatic heterocycles. The van der Waals surface area contributed by atoms with E-state index in [4.69, 9.17) is 0 Å². The molecule has 1 saturated carbocycles. The van der Waals surface area contributed by atoms with Crippen molar-refractivity contribution in [3.8, 4) is 0 Å². The smallest absolute Gasteiger partial charge is 0.0181 e. The fourth-order valence-corrected chi connectivity index (χ4v) is 3.74. The van der Waals surface area contributed by atoms with Gasteiger partial charge in [0.25, 0.3) is 0 Å². The molecule has 1 rings (SSSR count). The predicted octanol–water partition coefficient (Wildman–Crippen LogP) is 3.37. The highest BCUT2D eigenvalue weighted by Gasteiger charge is 2.14. The van der Waals surface area contributed by atoms with Crippen LogP contribution in [0.5, 0.6) is 0 Å². The zero-order chi connectivity index (χ0) is 13.2. The lowest BCUT2D eigenvalue weighted by molar-refractivity contribution is 0.250. The van der Waals surface area contributed by atoms with Gasteiger partial charge in [0.2, 0.25) is 0 Å². The lowest BCUT2D eigenvalue weighted by Gasteiger charge is -2.27. The van der Waals surface area contributed by atoms with E-state index >= 15 is 0 Å². The van der Waals surface area contributed by atoms with E-state index in [2.05, 4.69) is 30.4 Å². The van der Waals surface area contributed by atoms with E-state index in [9.17, 15) is 0 Å². The molecule has 1 aliphatic carbocycles. The van der Waals surface area contributed by atoms with Crippen LogP contribution in [0.15, 0.2) is 0 Å². The minimum atomic E-state index is 0.746. The maximum Gasteiger partial charge on any atom is 0.0181 e. The van der Waals surface area contributed by atoms with Crippen molar-refractivity contribution in [2.24, 2.45) is 0 Å². The number of rotatable bonds is 8. The standard InChI is InChI=1S/C15H32N2S/c1-4-15(13-18-3)17(2)12-11-16-14-9-7-5-6-8-10-14/h14-16H,4-13H2,1-3H3. The third-order valence-electron chi connectivity index (χ3n) is 4.21. The van der Waals surface area contributed by atoms with Crippen LogP contribution in [0, 0.1) is 0 Å². The van der Waals surface area contributed by atoms with Gasteiger partial charge in [-0.3, -0.25) is 0 Å². The van der Waals surface area contributed by atoms with Crippen LogP contribution in [-0.2, 0) is 0 Å². The van der Waals surface area contributed by atoms with Gasteiger partial charge in [0.15, 0.2) is 0 Å². The summed E-state index contributed by atoms with van der Waals surface area (Å²) in [6.07, 6.45) is 12.0. The molecule has 18 heavy (non-hydrogen) atoms. The van der Waals surface area contributed by atoms with Crippen molar-refractivity contribution in [3.63, 3.8) is 0 Å². The van der Waals surface area contributed by atoms with Crippen LogP contribution in [0.1, 0.15) is 51.9 Å². The molecule has 0 aromatic rings. The summed E-state index contributed by atoms with van der Waals surface area (Å²) >= 11 is 1.96. The van der Waals surface area contributed by atoms with E-state index < -0.39 is 0 Å². The Morgan fingerprint density at radius 1 is 1.22 bits per heavy atom. The number of hydrogen-bond acceptors (Lipinski definition) is 3. The Bertz CT molecular complexity index is 191. The molecule has 1 N–H and O–H groups in total. The van der Waals surface area contributed by atoms with Gasteiger partial charge in [0.05, 0.1) is 0 Å². The molecule has 0 aliphatic heterocycles. The molecule has 0 aromatic carbocycles. The second kappa shape index (κ2) is 10.1. The van der Waals surface area contributed by atoms with Crippen molar-refractivity contribution < 1.29 is 0 Å². The minimum absolute atomic E-state index is 0.746. The third-order valence-corrected chi connectivity index (χ3v) is 4.92. The molecule has 0 radical (unpaired) electrons. The second-order valence-electron chi connectivity index (χ2n) is 5.64. The summed E-state index contributed by atoms with van der Waals surface area (Å²) in [6.45, 7) is 4.65. The predicted molar refractivity (Wildman–Crippen MR) is 84.6 cm³/mol. The average molecular weight is 273 g/mol. The molecule has 0 saturated heterocycles. The van der Waals surface area contributed by atoms with Crippen molar-refractivity contribution in [2.75, 3.05) is 32.1 Å². The Morgan fingerprint density at radius 3 is 2.44 bits per heavy atom. The van der Waals surface area contributed by atoms with Crippen LogP contribution in [-0.4, -0.2) is 49.1 Å². The Morgan fingerprint density at radius 2 is 1.89 bits per heavy atom. The normalized spacial score (nSPS) is 20.0. The van der Waals surface area contributed by atoms with E-state index in [0.717, 1.165) is 18.6 Å². The van der Waals surface area contributed by atoms with Crippen molar-refractivity contribution in [1.29, 1.82) is 0 Å². The first-order valence-corrected chi connectivity index (χ1v) is 9.09. The third kappa shape index (κ3) is 6.44. The quantitative estimate of drug-likeness (QED) is 0.682. The van der Waals surface area contributed by atoms with Gasteiger partial charge in [-0.25, -0.2) is 0 Å². The molecule has 0 heterocycles. The molecule has 3 heteroatoms. The summed E-state index contributed by atoms with van der Waals surface area (Å²) in [5.74, 6) is 1.26. The van der Waals surface area contributed by atoms with Gasteiger partial charge in [0.1, 0.15) is 0 Å². The summed E-state index contributed by atoms with van der Waals surface area (Å²) in [5.41, 5.74) is 0. The van der Waals surface area contributed by atoms with Gasteiger partial charge in [-0.1, -0.05) is 32.6 Å². The van der Waals surface area contributed by atoms with E-state index in [1.165, 1.54) is 57.2 Å². The molecule has 0 bridgehead atoms. The first-order chi connectivity index (χ1) is 8.77. The highest BCUT2D eigenvalue weighted by molar-refractivity contribution is 7.98. The van der Waals surface area contributed by atoms with Crippen molar-refractivity contribution >= 4 is 11.8 Å². The number of hydrogen-bond donors (Lipinski definition) is 1. The summed E-state index contributed by atoms with van der Waals surface area (Å²) in [6, 6.07) is 1.54. The molecular weight excluding hydrogens is 240 g/mol. The SMILES string of the molecule is CCC(CSC)N(C)CCNC1CCCCCC1. The van der Waals surface area contributed by atoms with Gasteiger partial charge in [-0.15, -0.1) is 0 Å². The van der Waals surface area contributed by atoms with Crippen LogP contribution < -0.4 is 5.32 Å². The summed E-state index contributed by atoms with van der Waals surface area (Å²) in [7, 11) is 2.28. The van der Waals surface area contributed by atoms with Gasteiger partial charge in [0, 0.05) is 30.9 Å². The lowest BCUT2D eigenvalue weighted by atomic mass is 10.1. The van der Waals surface area contributed by atoms with Crippen molar-refractivity contribution in [1.82, 2.24) is 10.2 Å². The molecule has 1 fully saturated rings. The number of nitrogens with one attached hydrogen (secondary N) is 1. The van der Waals surface area contributed by atoms with Gasteiger partial charge in [-0.2, -0.15) is 11.8 Å². The molecule has 1 aliphatic rings. The van der Waals surface area contributed by atoms with E-state index in [0.29, 0.717) is 0 Å². The molecule has 2 nitrogen and oxygen atoms in total. The number of nitrogens with zero attached hydrogens (tertiary/aromatic N) is 1. The zero-order valence-corrected chi connectivity index (χ0v) is 13.4. The monoisotopic (exact) mass is 272 g/mol. The average Bonchev–Trinajstić information content (AvgIpc) is 2.64. The molecule has 108 valence electrons. The minimum Gasteiger partial charge on any atom is -0.313 e. The molecule has 0 spiro atoms. The molecule has 1 unspecified atom stereocenters. The number of thioether (sulfide) groups is 1. The van der Waals surface area contributed by atoms with Crippen LogP contribution in [0.3, 0.4) is 0 Å². The summed E-state index contributed by atoms with van der Waals surface area (Å²) in [4.78, 5) is 2.53. The maximum atomic E-state index is 3.77. The van der Waals surface area contributed by atoms with Crippen LogP contribution >= 0.6 is 11.8 Å². The van der Waals surface area contributed by atoms with Gasteiger partial charge < -0.3 is 10.2 Å². The Labute approximate surface area is 118 Å². The van der Waals surface area contributed by atoms with E-state index in [-0.39, 0.29) is 0 Å². The first-order valence-electron chi connectivity index (χ1n) is 7.70. The lowest BCUT2D eigenvalue weighted by Crippen LogP contribution is -2.40. The molecular formula is C15H32N2S. The van der Waals surface area contributed by atoms with Gasteiger partial charge in [-0.05, 0) is 32.6 Å². The Hall–Kier alpha value is 0.270. The topological polar surface area (TPSA) is 15.3 Å². The molecule has 1 atom stereocenters. The van der Waals surface area contributed by atoms with Crippen molar-refractivity contribution in [2.45, 2.75) is 64.0 Å². The van der Waals surface area contributed by atoms with E-state index in [1.807, 2.05) is 11.8 Å². The summed E-state index contributed by atoms with van der Waals surface area (Å²) in [5, 5.41) is 3.77. The Kier molecular flexibility index (Phi) is 9.16. The second-order valence-corrected chi connectivity index (χ2v) is 6.55. The van der Waals surface area contributed by atoms with Crippen molar-refractivity contribution in [3.05, 3.63) is 0 Å². The fourth-order valence-electron chi connectivity index (χ4n) is 2.86. The Balaban J connectivity index is 2.14. The largest absolute Gasteiger partial charge is 0.313 e.